The molecule has 4 aliphatic rings. The van der Waals surface area contributed by atoms with Gasteiger partial charge in [0.25, 0.3) is 5.91 Å². The summed E-state index contributed by atoms with van der Waals surface area (Å²) in [5.41, 5.74) is 14.9. The molecule has 0 aromatic carbocycles. The van der Waals surface area contributed by atoms with Crippen molar-refractivity contribution in [2.24, 2.45) is 17.2 Å². The molecular formula is C28H52N8O11. The fraction of sp³-hybridized carbons (Fsp3) is 0.857. The third kappa shape index (κ3) is 8.87. The number of nitrogens with two attached hydrogens (primary N) is 3. The fourth-order valence-corrected chi connectivity index (χ4v) is 6.51. The van der Waals surface area contributed by atoms with E-state index in [4.69, 9.17) is 46.7 Å². The van der Waals surface area contributed by atoms with E-state index in [0.717, 1.165) is 0 Å². The molecule has 1 saturated heterocycles. The monoisotopic (exact) mass is 676 g/mol. The summed E-state index contributed by atoms with van der Waals surface area (Å²) < 4.78 is 23.9. The van der Waals surface area contributed by atoms with Gasteiger partial charge >= 0.3 is 0 Å². The van der Waals surface area contributed by atoms with Gasteiger partial charge in [0.1, 0.15) is 41.4 Å². The Labute approximate surface area is 272 Å². The molecule has 0 spiro atoms. The van der Waals surface area contributed by atoms with E-state index in [2.05, 4.69) is 21.3 Å². The zero-order valence-corrected chi connectivity index (χ0v) is 26.6. The maximum Gasteiger partial charge on any atom is 0.252 e. The number of hydrogen-bond acceptors (Lipinski definition) is 16. The summed E-state index contributed by atoms with van der Waals surface area (Å²) in [7, 11) is 1.56. The fourth-order valence-electron chi connectivity index (χ4n) is 6.51. The van der Waals surface area contributed by atoms with Crippen molar-refractivity contribution in [1.82, 2.24) is 21.3 Å². The second-order valence-electron chi connectivity index (χ2n) is 13.2. The lowest BCUT2D eigenvalue weighted by atomic mass is 9.74. The number of hydrogen-bond donors (Lipinski definition) is 14. The van der Waals surface area contributed by atoms with Crippen molar-refractivity contribution in [2.75, 3.05) is 33.4 Å². The predicted octanol–water partition coefficient (Wildman–Crippen LogP) is -6.33. The van der Waals surface area contributed by atoms with Crippen LogP contribution in [0.5, 0.6) is 0 Å². The number of nitrogens with one attached hydrogen (secondary N) is 5. The molecule has 19 nitrogen and oxygen atoms in total. The summed E-state index contributed by atoms with van der Waals surface area (Å²) in [6.45, 7) is 1.20. The second kappa shape index (κ2) is 15.5. The van der Waals surface area contributed by atoms with Crippen LogP contribution in [-0.4, -0.2) is 160 Å². The van der Waals surface area contributed by atoms with E-state index >= 15 is 0 Å². The molecule has 2 heterocycles. The molecule has 12 atom stereocenters. The van der Waals surface area contributed by atoms with Gasteiger partial charge in [-0.25, -0.2) is 0 Å². The largest absolute Gasteiger partial charge is 0.467 e. The van der Waals surface area contributed by atoms with Crippen LogP contribution in [0, 0.1) is 5.41 Å². The smallest absolute Gasteiger partial charge is 0.252 e. The van der Waals surface area contributed by atoms with Crippen LogP contribution in [0.1, 0.15) is 32.6 Å². The molecule has 47 heavy (non-hydrogen) atoms. The highest BCUT2D eigenvalue weighted by atomic mass is 16.7. The molecule has 4 rings (SSSR count). The number of aliphatic hydroxyl groups excluding tert-OH is 4. The first-order valence-corrected chi connectivity index (χ1v) is 15.8. The minimum absolute atomic E-state index is 0.00455. The van der Waals surface area contributed by atoms with Crippen molar-refractivity contribution >= 4 is 11.9 Å². The van der Waals surface area contributed by atoms with Crippen molar-refractivity contribution in [1.29, 1.82) is 5.41 Å². The molecule has 2 saturated carbocycles. The van der Waals surface area contributed by atoms with E-state index in [9.17, 15) is 30.3 Å². The van der Waals surface area contributed by atoms with Crippen LogP contribution in [0.25, 0.3) is 0 Å². The number of guanidine groups is 1. The highest BCUT2D eigenvalue weighted by Crippen LogP contribution is 2.35. The lowest BCUT2D eigenvalue weighted by Gasteiger charge is -2.49. The predicted molar refractivity (Wildman–Crippen MR) is 164 cm³/mol. The van der Waals surface area contributed by atoms with E-state index in [0.29, 0.717) is 12.2 Å². The summed E-state index contributed by atoms with van der Waals surface area (Å²) in [5, 5.41) is 81.5. The maximum atomic E-state index is 13.3. The number of carbonyl (C=O) groups is 1. The number of ether oxygens (including phenoxy) is 4. The molecule has 0 aromatic heterocycles. The van der Waals surface area contributed by atoms with Crippen LogP contribution in [0.3, 0.4) is 0 Å². The highest BCUT2D eigenvalue weighted by Gasteiger charge is 2.54. The average Bonchev–Trinajstić information content (AvgIpc) is 2.98. The van der Waals surface area contributed by atoms with Crippen molar-refractivity contribution in [3.8, 4) is 0 Å². The third-order valence-electron chi connectivity index (χ3n) is 9.13. The minimum Gasteiger partial charge on any atom is -0.467 e. The Bertz CT molecular complexity index is 1110. The molecule has 2 aliphatic carbocycles. The number of amides is 1. The Hall–Kier alpha value is -2.24. The molecule has 17 N–H and O–H groups in total. The summed E-state index contributed by atoms with van der Waals surface area (Å²) in [6.07, 6.45) is -6.56. The first kappa shape index (κ1) is 37.6. The molecule has 19 heteroatoms. The van der Waals surface area contributed by atoms with Gasteiger partial charge in [-0.1, -0.05) is 0 Å². The average molecular weight is 677 g/mol. The molecule has 0 radical (unpaired) electrons. The first-order chi connectivity index (χ1) is 22.1. The van der Waals surface area contributed by atoms with Crippen molar-refractivity contribution in [3.63, 3.8) is 0 Å². The number of likely N-dealkylation sites (N-methyl/N-ethyl adjacent to an activating group) is 1. The van der Waals surface area contributed by atoms with E-state index < -0.39 is 91.0 Å². The summed E-state index contributed by atoms with van der Waals surface area (Å²) in [5.74, 6) is -0.568. The van der Waals surface area contributed by atoms with Gasteiger partial charge in [-0.05, 0) is 32.9 Å². The van der Waals surface area contributed by atoms with Gasteiger partial charge in [0, 0.05) is 31.5 Å². The van der Waals surface area contributed by atoms with Crippen molar-refractivity contribution < 1.29 is 54.4 Å². The van der Waals surface area contributed by atoms with Gasteiger partial charge in [-0.2, -0.15) is 0 Å². The second-order valence-corrected chi connectivity index (χ2v) is 13.2. The normalized spacial score (nSPS) is 42.8. The summed E-state index contributed by atoms with van der Waals surface area (Å²) in [6, 6.07) is -3.75. The molecule has 2 aliphatic heterocycles. The van der Waals surface area contributed by atoms with Gasteiger partial charge in [-0.3, -0.25) is 10.2 Å². The topological polar surface area (TPSA) is 325 Å². The molecule has 0 aromatic rings. The quantitative estimate of drug-likeness (QED) is 0.0637. The van der Waals surface area contributed by atoms with E-state index in [1.807, 2.05) is 0 Å². The Kier molecular flexibility index (Phi) is 12.4. The van der Waals surface area contributed by atoms with E-state index in [1.54, 1.807) is 13.1 Å². The first-order valence-electron chi connectivity index (χ1n) is 15.8. The Morgan fingerprint density at radius 2 is 1.81 bits per heavy atom. The Morgan fingerprint density at radius 1 is 1.13 bits per heavy atom. The molecular weight excluding hydrogens is 624 g/mol. The van der Waals surface area contributed by atoms with E-state index in [1.165, 1.54) is 6.92 Å². The van der Waals surface area contributed by atoms with Crippen LogP contribution in [0.2, 0.25) is 0 Å². The van der Waals surface area contributed by atoms with Crippen molar-refractivity contribution in [3.05, 3.63) is 11.8 Å². The van der Waals surface area contributed by atoms with Gasteiger partial charge in [-0.15, -0.1) is 0 Å². The zero-order valence-electron chi connectivity index (χ0n) is 26.6. The van der Waals surface area contributed by atoms with Crippen LogP contribution in [-0.2, 0) is 23.7 Å². The number of carbonyl (C=O) groups excluding carboxylic acids is 1. The molecule has 1 amide bonds. The van der Waals surface area contributed by atoms with Gasteiger partial charge in [0.05, 0.1) is 44.0 Å². The molecule has 0 bridgehead atoms. The molecule has 3 fully saturated rings. The number of rotatable bonds is 13. The van der Waals surface area contributed by atoms with Crippen molar-refractivity contribution in [2.45, 2.75) is 117 Å². The lowest BCUT2D eigenvalue weighted by Crippen LogP contribution is -2.71. The third-order valence-corrected chi connectivity index (χ3v) is 9.13. The van der Waals surface area contributed by atoms with Crippen LogP contribution in [0.4, 0.5) is 0 Å². The summed E-state index contributed by atoms with van der Waals surface area (Å²) in [4.78, 5) is 13.3. The molecule has 2 unspecified atom stereocenters. The van der Waals surface area contributed by atoms with E-state index in [-0.39, 0.29) is 51.0 Å². The van der Waals surface area contributed by atoms with Gasteiger partial charge < -0.3 is 88.1 Å². The zero-order chi connectivity index (χ0) is 34.7. The SMILES string of the molecule is CN[C@@H]1[C@@H](O)[C@@H](O[C@H]2[C@H](NC(=O)C3(O)CC(NC(=N)N)C3)C[C@H](N)C(O[C@H]3OC(CNCC(O)CO)=CC[C@H]3N)[C@@H]2O)OC[C@]1(C)O. The van der Waals surface area contributed by atoms with Gasteiger partial charge in [0.2, 0.25) is 6.29 Å². The standard InChI is InChI=1S/C28H52N8O11/c1-27(42)11-44-24(19(40)22(27)33-2)47-21-17(36-25(41)28(43)6-12(7-28)35-26(31)32)5-16(30)20(18(21)39)46-23-15(29)4-3-14(45-23)9-34-8-13(38)10-37/h3,12-13,15-24,33-34,37-40,42-43H,4-11,29-30H2,1-2H3,(H,36,41)(H4,31,32,35)/t12?,13?,15-,16+,17-,18+,19-,20?,21+,22-,23-,24-,27+,28?/m1/s1. The molecule has 270 valence electrons. The van der Waals surface area contributed by atoms with Gasteiger partial charge in [0.15, 0.2) is 12.2 Å². The lowest BCUT2D eigenvalue weighted by molar-refractivity contribution is -0.304. The maximum absolute atomic E-state index is 13.3. The van der Waals surface area contributed by atoms with Crippen LogP contribution in [0.15, 0.2) is 11.8 Å². The summed E-state index contributed by atoms with van der Waals surface area (Å²) >= 11 is 0. The Morgan fingerprint density at radius 3 is 2.45 bits per heavy atom. The van der Waals surface area contributed by atoms with Crippen LogP contribution >= 0.6 is 0 Å². The number of aliphatic hydroxyl groups is 6. The highest BCUT2D eigenvalue weighted by molar-refractivity contribution is 5.87. The van der Waals surface area contributed by atoms with Crippen LogP contribution < -0.4 is 38.5 Å². The Balaban J connectivity index is 1.49. The minimum atomic E-state index is -1.77.